The number of anilines is 1. The molecule has 0 bridgehead atoms. The molecule has 7 heteroatoms. The lowest BCUT2D eigenvalue weighted by atomic mass is 10.0. The average molecular weight is 402 g/mol. The van der Waals surface area contributed by atoms with Gasteiger partial charge in [0.05, 0.1) is 11.1 Å². The van der Waals surface area contributed by atoms with Crippen molar-refractivity contribution in [3.8, 4) is 6.07 Å². The summed E-state index contributed by atoms with van der Waals surface area (Å²) in [6, 6.07) is 14.8. The van der Waals surface area contributed by atoms with Crippen LogP contribution in [0.2, 0.25) is 0 Å². The van der Waals surface area contributed by atoms with E-state index < -0.39 is 0 Å². The Morgan fingerprint density at radius 1 is 1.27 bits per heavy atom. The number of benzene rings is 1. The zero-order chi connectivity index (χ0) is 21.8. The first-order valence-electron chi connectivity index (χ1n) is 9.25. The summed E-state index contributed by atoms with van der Waals surface area (Å²) >= 11 is 0. The van der Waals surface area contributed by atoms with E-state index in [2.05, 4.69) is 32.7 Å². The summed E-state index contributed by atoms with van der Waals surface area (Å²) in [7, 11) is 1.50. The molecule has 6 nitrogen and oxygen atoms in total. The zero-order valence-corrected chi connectivity index (χ0v) is 16.7. The predicted octanol–water partition coefficient (Wildman–Crippen LogP) is 4.47. The molecule has 3 rings (SSSR count). The monoisotopic (exact) mass is 402 g/mol. The maximum absolute atomic E-state index is 14.9. The normalized spacial score (nSPS) is 11.3. The molecule has 0 aliphatic rings. The van der Waals surface area contributed by atoms with Crippen LogP contribution in [-0.4, -0.2) is 30.3 Å². The molecule has 0 aliphatic carbocycles. The van der Waals surface area contributed by atoms with Crippen molar-refractivity contribution in [1.29, 1.82) is 5.26 Å². The quantitative estimate of drug-likeness (QED) is 0.448. The summed E-state index contributed by atoms with van der Waals surface area (Å²) in [4.78, 5) is 12.1. The van der Waals surface area contributed by atoms with E-state index in [0.29, 0.717) is 23.5 Å². The van der Waals surface area contributed by atoms with Crippen LogP contribution in [-0.2, 0) is 0 Å². The average Bonchev–Trinajstić information content (AvgIpc) is 2.81. The second kappa shape index (κ2) is 11.8. The van der Waals surface area contributed by atoms with Crippen LogP contribution in [0, 0.1) is 11.3 Å². The second-order valence-corrected chi connectivity index (χ2v) is 5.95. The van der Waals surface area contributed by atoms with Crippen LogP contribution in [0.1, 0.15) is 17.5 Å². The fraction of sp³-hybridized carbons (Fsp3) is 0.130. The Bertz CT molecular complexity index is 1080. The molecule has 0 atom stereocenters. The number of nitrogens with two attached hydrogens (primary N) is 1. The predicted molar refractivity (Wildman–Crippen MR) is 121 cm³/mol. The van der Waals surface area contributed by atoms with Crippen molar-refractivity contribution in [3.63, 3.8) is 0 Å². The van der Waals surface area contributed by atoms with Crippen molar-refractivity contribution < 1.29 is 4.39 Å². The molecule has 2 heterocycles. The first-order chi connectivity index (χ1) is 14.7. The first-order valence-corrected chi connectivity index (χ1v) is 9.25. The van der Waals surface area contributed by atoms with Gasteiger partial charge in [0.2, 0.25) is 0 Å². The summed E-state index contributed by atoms with van der Waals surface area (Å²) < 4.78 is 14.9. The first kappa shape index (κ1) is 22.4. The largest absolute Gasteiger partial charge is 0.370 e. The third kappa shape index (κ3) is 6.06. The van der Waals surface area contributed by atoms with Gasteiger partial charge in [-0.15, -0.1) is 0 Å². The Hall–Kier alpha value is -3.89. The minimum atomic E-state index is -0.274. The molecular formula is C23H23FN6. The van der Waals surface area contributed by atoms with E-state index in [1.165, 1.54) is 19.4 Å². The molecule has 152 valence electrons. The zero-order valence-electron chi connectivity index (χ0n) is 16.7. The summed E-state index contributed by atoms with van der Waals surface area (Å²) in [5.74, 6) is 0.317. The summed E-state index contributed by atoms with van der Waals surface area (Å²) in [6.07, 6.45) is 6.45. The minimum absolute atomic E-state index is 0.170. The van der Waals surface area contributed by atoms with Crippen LogP contribution >= 0.6 is 0 Å². The van der Waals surface area contributed by atoms with Crippen molar-refractivity contribution in [3.05, 3.63) is 84.1 Å². The molecule has 0 saturated heterocycles. The van der Waals surface area contributed by atoms with E-state index >= 15 is 0 Å². The van der Waals surface area contributed by atoms with Crippen LogP contribution in [0.25, 0.3) is 16.5 Å². The van der Waals surface area contributed by atoms with Gasteiger partial charge in [0.15, 0.2) is 0 Å². The summed E-state index contributed by atoms with van der Waals surface area (Å²) in [5.41, 5.74) is 7.03. The fourth-order valence-electron chi connectivity index (χ4n) is 2.71. The van der Waals surface area contributed by atoms with E-state index in [-0.39, 0.29) is 12.2 Å². The van der Waals surface area contributed by atoms with Crippen molar-refractivity contribution >= 4 is 29.0 Å². The molecule has 0 aliphatic heterocycles. The van der Waals surface area contributed by atoms with Gasteiger partial charge in [0.1, 0.15) is 17.7 Å². The van der Waals surface area contributed by atoms with Crippen LogP contribution in [0.4, 0.5) is 10.2 Å². The van der Waals surface area contributed by atoms with E-state index in [9.17, 15) is 4.39 Å². The highest BCUT2D eigenvalue weighted by Crippen LogP contribution is 2.26. The number of hydrogen-bond acceptors (Lipinski definition) is 6. The maximum atomic E-state index is 14.9. The number of halogens is 1. The van der Waals surface area contributed by atoms with Gasteiger partial charge in [-0.25, -0.2) is 9.37 Å². The van der Waals surface area contributed by atoms with Gasteiger partial charge in [-0.2, -0.15) is 5.26 Å². The highest BCUT2D eigenvalue weighted by Gasteiger charge is 2.08. The number of allylic oxidation sites excluding steroid dienone is 2. The van der Waals surface area contributed by atoms with E-state index in [1.54, 1.807) is 24.4 Å². The van der Waals surface area contributed by atoms with Crippen molar-refractivity contribution in [2.75, 3.05) is 18.9 Å². The van der Waals surface area contributed by atoms with E-state index in [0.717, 1.165) is 16.5 Å². The van der Waals surface area contributed by atoms with Crippen LogP contribution in [0.15, 0.2) is 78.0 Å². The Balaban J connectivity index is 0.00000155. The third-order valence-electron chi connectivity index (χ3n) is 4.10. The molecule has 0 amide bonds. The number of nitrogens with one attached hydrogen (secondary N) is 1. The standard InChI is InChI=1S/C22H18FN5.CH5N/c1-25-11-8-19(17-5-6-21-18(13-17)3-2-10-26-21)20(23)9-12-27-22-7-4-16(14-24)15-28-22;1-2/h2-8,10-11,13,15H,1,9,12H2,(H,27,28);2H2,1H3/b11-8-,20-19-;. The Kier molecular flexibility index (Phi) is 8.84. The molecule has 3 N–H and O–H groups in total. The molecule has 0 saturated carbocycles. The fourth-order valence-corrected chi connectivity index (χ4v) is 2.71. The van der Waals surface area contributed by atoms with Crippen molar-refractivity contribution in [2.24, 2.45) is 10.7 Å². The molecule has 0 fully saturated rings. The topological polar surface area (TPSA) is 100.0 Å². The third-order valence-corrected chi connectivity index (χ3v) is 4.10. The van der Waals surface area contributed by atoms with E-state index in [4.69, 9.17) is 5.26 Å². The molecule has 30 heavy (non-hydrogen) atoms. The molecule has 1 aromatic carbocycles. The highest BCUT2D eigenvalue weighted by molar-refractivity contribution is 5.86. The molecule has 0 spiro atoms. The summed E-state index contributed by atoms with van der Waals surface area (Å²) in [5, 5.41) is 12.8. The number of aromatic nitrogens is 2. The van der Waals surface area contributed by atoms with Gasteiger partial charge in [0, 0.05) is 42.5 Å². The number of fused-ring (bicyclic) bond motifs is 1. The lowest BCUT2D eigenvalue weighted by Crippen LogP contribution is -2.04. The number of aliphatic imine (C=N–C) groups is 1. The van der Waals surface area contributed by atoms with Gasteiger partial charge in [-0.3, -0.25) is 9.98 Å². The van der Waals surface area contributed by atoms with Gasteiger partial charge < -0.3 is 11.1 Å². The lowest BCUT2D eigenvalue weighted by molar-refractivity contribution is 0.601. The van der Waals surface area contributed by atoms with Crippen LogP contribution in [0.5, 0.6) is 0 Å². The Morgan fingerprint density at radius 2 is 2.10 bits per heavy atom. The SMILES string of the molecule is C=N/C=C\C(=C(\F)CCNc1ccc(C#N)cn1)c1ccc2ncccc2c1.CN. The van der Waals surface area contributed by atoms with Crippen molar-refractivity contribution in [2.45, 2.75) is 6.42 Å². The van der Waals surface area contributed by atoms with Gasteiger partial charge in [-0.05, 0) is 55.7 Å². The highest BCUT2D eigenvalue weighted by atomic mass is 19.1. The van der Waals surface area contributed by atoms with Crippen LogP contribution < -0.4 is 11.1 Å². The van der Waals surface area contributed by atoms with E-state index in [1.807, 2.05) is 36.4 Å². The van der Waals surface area contributed by atoms with Crippen LogP contribution in [0.3, 0.4) is 0 Å². The lowest BCUT2D eigenvalue weighted by Gasteiger charge is -2.09. The Labute approximate surface area is 175 Å². The van der Waals surface area contributed by atoms with Gasteiger partial charge in [-0.1, -0.05) is 12.1 Å². The molecule has 0 unspecified atom stereocenters. The Morgan fingerprint density at radius 3 is 2.80 bits per heavy atom. The number of nitrogens with zero attached hydrogens (tertiary/aromatic N) is 4. The maximum Gasteiger partial charge on any atom is 0.125 e. The number of hydrogen-bond donors (Lipinski definition) is 2. The number of pyridine rings is 2. The summed E-state index contributed by atoms with van der Waals surface area (Å²) in [6.45, 7) is 3.78. The van der Waals surface area contributed by atoms with Crippen molar-refractivity contribution in [1.82, 2.24) is 9.97 Å². The minimum Gasteiger partial charge on any atom is -0.370 e. The number of rotatable bonds is 7. The smallest absolute Gasteiger partial charge is 0.125 e. The molecule has 2 aromatic heterocycles. The molecule has 0 radical (unpaired) electrons. The molecular weight excluding hydrogens is 379 g/mol. The number of nitriles is 1. The van der Waals surface area contributed by atoms with Gasteiger partial charge >= 0.3 is 0 Å². The van der Waals surface area contributed by atoms with Gasteiger partial charge in [0.25, 0.3) is 0 Å². The molecule has 3 aromatic rings. The second-order valence-electron chi connectivity index (χ2n) is 5.95.